The van der Waals surface area contributed by atoms with Gasteiger partial charge in [0.2, 0.25) is 5.91 Å². The van der Waals surface area contributed by atoms with E-state index in [4.69, 9.17) is 0 Å². The van der Waals surface area contributed by atoms with E-state index in [0.717, 1.165) is 37.3 Å². The lowest BCUT2D eigenvalue weighted by atomic mass is 9.89. The van der Waals surface area contributed by atoms with E-state index in [2.05, 4.69) is 41.4 Å². The molecule has 2 saturated heterocycles. The monoisotopic (exact) mass is 450 g/mol. The largest absolute Gasteiger partial charge is 0.389 e. The first kappa shape index (κ1) is 23.1. The van der Waals surface area contributed by atoms with Crippen molar-refractivity contribution in [2.75, 3.05) is 43.4 Å². The molecule has 0 aliphatic carbocycles. The number of aliphatic hydroxyl groups excluding tert-OH is 1. The number of anilines is 2. The third kappa shape index (κ3) is 5.30. The molecule has 0 spiro atoms. The highest BCUT2D eigenvalue weighted by Crippen LogP contribution is 2.29. The Balaban J connectivity index is 1.29. The van der Waals surface area contributed by atoms with E-state index in [0.29, 0.717) is 19.0 Å². The average Bonchev–Trinajstić information content (AvgIpc) is 3.21. The van der Waals surface area contributed by atoms with Crippen LogP contribution in [0, 0.1) is 6.92 Å². The fourth-order valence-corrected chi connectivity index (χ4v) is 4.81. The van der Waals surface area contributed by atoms with Gasteiger partial charge < -0.3 is 25.1 Å². The molecule has 176 valence electrons. The molecule has 0 bridgehead atoms. The smallest absolute Gasteiger partial charge is 0.321 e. The maximum absolute atomic E-state index is 12.8. The lowest BCUT2D eigenvalue weighted by Gasteiger charge is -2.32. The summed E-state index contributed by atoms with van der Waals surface area (Å²) in [5, 5.41) is 13.4. The standard InChI is InChI=1S/C26H34N4O3/c1-18-4-6-20(7-5-18)21-12-14-29(15-13-21)26(33)27-22-8-10-23(11-9-22)30-16-24(25(32)17-30)28(3)19(2)31/h4-11,21,24-25,32H,12-17H2,1-3H3,(H,27,33). The molecule has 2 atom stereocenters. The Kier molecular flexibility index (Phi) is 6.88. The van der Waals surface area contributed by atoms with E-state index in [1.54, 1.807) is 11.9 Å². The van der Waals surface area contributed by atoms with Crippen LogP contribution in [0.4, 0.5) is 16.2 Å². The summed E-state index contributed by atoms with van der Waals surface area (Å²) in [6, 6.07) is 16.1. The van der Waals surface area contributed by atoms with Gasteiger partial charge in [-0.1, -0.05) is 29.8 Å². The van der Waals surface area contributed by atoms with Crippen molar-refractivity contribution in [3.8, 4) is 0 Å². The number of nitrogens with one attached hydrogen (secondary N) is 1. The number of benzene rings is 2. The van der Waals surface area contributed by atoms with E-state index in [1.165, 1.54) is 18.1 Å². The summed E-state index contributed by atoms with van der Waals surface area (Å²) >= 11 is 0. The fraction of sp³-hybridized carbons (Fsp3) is 0.462. The average molecular weight is 451 g/mol. The molecule has 2 aromatic rings. The van der Waals surface area contributed by atoms with E-state index in [1.807, 2.05) is 29.2 Å². The van der Waals surface area contributed by atoms with Crippen LogP contribution in [0.5, 0.6) is 0 Å². The number of amides is 3. The molecule has 7 heteroatoms. The Morgan fingerprint density at radius 1 is 1.00 bits per heavy atom. The van der Waals surface area contributed by atoms with Crippen LogP contribution in [0.3, 0.4) is 0 Å². The van der Waals surface area contributed by atoms with Gasteiger partial charge in [0, 0.05) is 51.5 Å². The predicted molar refractivity (Wildman–Crippen MR) is 131 cm³/mol. The maximum atomic E-state index is 12.8. The second-order valence-corrected chi connectivity index (χ2v) is 9.32. The second kappa shape index (κ2) is 9.83. The highest BCUT2D eigenvalue weighted by atomic mass is 16.3. The number of hydrogen-bond donors (Lipinski definition) is 2. The quantitative estimate of drug-likeness (QED) is 0.748. The Morgan fingerprint density at radius 2 is 1.64 bits per heavy atom. The molecule has 33 heavy (non-hydrogen) atoms. The van der Waals surface area contributed by atoms with Crippen LogP contribution < -0.4 is 10.2 Å². The van der Waals surface area contributed by atoms with Gasteiger partial charge >= 0.3 is 6.03 Å². The summed E-state index contributed by atoms with van der Waals surface area (Å²) < 4.78 is 0. The Morgan fingerprint density at radius 3 is 2.24 bits per heavy atom. The van der Waals surface area contributed by atoms with Crippen molar-refractivity contribution in [3.63, 3.8) is 0 Å². The number of β-amino-alcohol motifs (C(OH)–C–C–N with tert-alkyl or cyclic N) is 1. The third-order valence-corrected chi connectivity index (χ3v) is 7.07. The predicted octanol–water partition coefficient (Wildman–Crippen LogP) is 3.43. The zero-order chi connectivity index (χ0) is 23.5. The van der Waals surface area contributed by atoms with Crippen molar-refractivity contribution in [1.29, 1.82) is 0 Å². The summed E-state index contributed by atoms with van der Waals surface area (Å²) in [4.78, 5) is 30.0. The number of urea groups is 1. The lowest BCUT2D eigenvalue weighted by Crippen LogP contribution is -2.43. The van der Waals surface area contributed by atoms with Crippen LogP contribution in [0.25, 0.3) is 0 Å². The molecular formula is C26H34N4O3. The van der Waals surface area contributed by atoms with Gasteiger partial charge in [0.1, 0.15) is 0 Å². The first-order valence-corrected chi connectivity index (χ1v) is 11.7. The Labute approximate surface area is 196 Å². The molecule has 2 aliphatic rings. The van der Waals surface area contributed by atoms with Crippen LogP contribution in [0.15, 0.2) is 48.5 Å². The van der Waals surface area contributed by atoms with Gasteiger partial charge in [0.05, 0.1) is 12.1 Å². The van der Waals surface area contributed by atoms with Gasteiger partial charge in [-0.05, 0) is 55.5 Å². The molecule has 0 saturated carbocycles. The number of carbonyl (C=O) groups is 2. The summed E-state index contributed by atoms with van der Waals surface area (Å²) in [5.74, 6) is 0.456. The van der Waals surface area contributed by atoms with Gasteiger partial charge in [-0.15, -0.1) is 0 Å². The summed E-state index contributed by atoms with van der Waals surface area (Å²) in [6.07, 6.45) is 1.37. The molecule has 2 aliphatic heterocycles. The number of aliphatic hydroxyl groups is 1. The molecule has 0 radical (unpaired) electrons. The third-order valence-electron chi connectivity index (χ3n) is 7.07. The van der Waals surface area contributed by atoms with E-state index in [9.17, 15) is 14.7 Å². The number of aryl methyl sites for hydroxylation is 1. The maximum Gasteiger partial charge on any atom is 0.321 e. The van der Waals surface area contributed by atoms with Crippen LogP contribution in [-0.2, 0) is 4.79 Å². The molecule has 2 unspecified atom stereocenters. The first-order valence-electron chi connectivity index (χ1n) is 11.7. The van der Waals surface area contributed by atoms with Crippen molar-refractivity contribution in [3.05, 3.63) is 59.7 Å². The van der Waals surface area contributed by atoms with Crippen molar-refractivity contribution >= 4 is 23.3 Å². The number of likely N-dealkylation sites (N-methyl/N-ethyl adjacent to an activating group) is 1. The van der Waals surface area contributed by atoms with Gasteiger partial charge in [0.25, 0.3) is 0 Å². The van der Waals surface area contributed by atoms with Gasteiger partial charge in [-0.2, -0.15) is 0 Å². The minimum atomic E-state index is -0.582. The molecule has 2 aromatic carbocycles. The lowest BCUT2D eigenvalue weighted by molar-refractivity contribution is -0.130. The zero-order valence-electron chi connectivity index (χ0n) is 19.7. The number of rotatable bonds is 4. The van der Waals surface area contributed by atoms with Crippen molar-refractivity contribution in [2.24, 2.45) is 0 Å². The number of piperidine rings is 1. The van der Waals surface area contributed by atoms with Crippen LogP contribution >= 0.6 is 0 Å². The van der Waals surface area contributed by atoms with Gasteiger partial charge in [-0.3, -0.25) is 4.79 Å². The topological polar surface area (TPSA) is 76.1 Å². The SMILES string of the molecule is CC(=O)N(C)C1CN(c2ccc(NC(=O)N3CCC(c4ccc(C)cc4)CC3)cc2)CC1O. The highest BCUT2D eigenvalue weighted by Gasteiger charge is 2.35. The molecular weight excluding hydrogens is 416 g/mol. The highest BCUT2D eigenvalue weighted by molar-refractivity contribution is 5.89. The Hall–Kier alpha value is -3.06. The summed E-state index contributed by atoms with van der Waals surface area (Å²) in [5.41, 5.74) is 4.35. The molecule has 0 aromatic heterocycles. The number of carbonyl (C=O) groups excluding carboxylic acids is 2. The fourth-order valence-electron chi connectivity index (χ4n) is 4.81. The van der Waals surface area contributed by atoms with E-state index >= 15 is 0 Å². The first-order chi connectivity index (χ1) is 15.8. The molecule has 4 rings (SSSR count). The van der Waals surface area contributed by atoms with Crippen LogP contribution in [0.1, 0.15) is 36.8 Å². The summed E-state index contributed by atoms with van der Waals surface area (Å²) in [7, 11) is 1.72. The molecule has 2 heterocycles. The van der Waals surface area contributed by atoms with Crippen LogP contribution in [0.2, 0.25) is 0 Å². The molecule has 7 nitrogen and oxygen atoms in total. The van der Waals surface area contributed by atoms with E-state index in [-0.39, 0.29) is 18.0 Å². The zero-order valence-corrected chi connectivity index (χ0v) is 19.7. The number of likely N-dealkylation sites (tertiary alicyclic amines) is 1. The Bertz CT molecular complexity index is 968. The second-order valence-electron chi connectivity index (χ2n) is 9.32. The number of nitrogens with zero attached hydrogens (tertiary/aromatic N) is 3. The molecule has 3 amide bonds. The minimum Gasteiger partial charge on any atom is -0.389 e. The van der Waals surface area contributed by atoms with Crippen molar-refractivity contribution in [2.45, 2.75) is 44.8 Å². The van der Waals surface area contributed by atoms with E-state index < -0.39 is 6.10 Å². The van der Waals surface area contributed by atoms with Crippen molar-refractivity contribution in [1.82, 2.24) is 9.80 Å². The molecule has 2 fully saturated rings. The van der Waals surface area contributed by atoms with Crippen molar-refractivity contribution < 1.29 is 14.7 Å². The normalized spacial score (nSPS) is 21.2. The van der Waals surface area contributed by atoms with Gasteiger partial charge in [-0.25, -0.2) is 4.79 Å². The number of hydrogen-bond acceptors (Lipinski definition) is 4. The van der Waals surface area contributed by atoms with Crippen LogP contribution in [-0.4, -0.2) is 72.2 Å². The minimum absolute atomic E-state index is 0.0538. The molecule has 2 N–H and O–H groups in total. The summed E-state index contributed by atoms with van der Waals surface area (Å²) in [6.45, 7) is 6.17. The van der Waals surface area contributed by atoms with Gasteiger partial charge in [0.15, 0.2) is 0 Å².